The van der Waals surface area contributed by atoms with E-state index in [1.807, 2.05) is 47.4 Å². The molecule has 7 heteroatoms. The SMILES string of the molecule is O=CCCCCOc1ccc(C(=O)N2CCC(C(=O)O[C@H]3CN4CCC3CC4)(c3ccccc3)CC2)cc1. The van der Waals surface area contributed by atoms with Crippen molar-refractivity contribution in [1.29, 1.82) is 0 Å². The molecule has 7 nitrogen and oxygen atoms in total. The average molecular weight is 519 g/mol. The average Bonchev–Trinajstić information content (AvgIpc) is 2.98. The molecule has 2 aromatic carbocycles. The number of unbranched alkanes of at least 4 members (excludes halogenated alkanes) is 2. The summed E-state index contributed by atoms with van der Waals surface area (Å²) in [5, 5.41) is 0. The Hall–Kier alpha value is -3.19. The Morgan fingerprint density at radius 3 is 2.26 bits per heavy atom. The number of aldehydes is 1. The minimum atomic E-state index is -0.731. The standard InChI is InChI=1S/C31H38N2O5/c34-21-5-2-6-22-37-27-11-9-25(10-12-27)29(35)33-19-15-31(16-20-33,26-7-3-1-4-8-26)30(36)38-28-23-32-17-13-24(28)14-18-32/h1,3-4,7-12,21,24,28H,2,5-6,13-20,22-23H2/t28-/m0/s1. The summed E-state index contributed by atoms with van der Waals surface area (Å²) in [6, 6.07) is 17.2. The van der Waals surface area contributed by atoms with E-state index in [1.165, 1.54) is 0 Å². The molecule has 38 heavy (non-hydrogen) atoms. The predicted molar refractivity (Wildman–Crippen MR) is 144 cm³/mol. The van der Waals surface area contributed by atoms with E-state index >= 15 is 0 Å². The Bertz CT molecular complexity index is 1090. The number of carbonyl (C=O) groups is 3. The summed E-state index contributed by atoms with van der Waals surface area (Å²) in [5.74, 6) is 1.01. The first kappa shape index (κ1) is 26.4. The predicted octanol–water partition coefficient (Wildman–Crippen LogP) is 4.25. The van der Waals surface area contributed by atoms with Gasteiger partial charge < -0.3 is 19.2 Å². The maximum absolute atomic E-state index is 13.8. The number of rotatable bonds is 10. The molecule has 6 rings (SSSR count). The number of fused-ring (bicyclic) bond motifs is 3. The number of benzene rings is 2. The molecule has 4 heterocycles. The summed E-state index contributed by atoms with van der Waals surface area (Å²) in [7, 11) is 0. The van der Waals surface area contributed by atoms with Crippen LogP contribution in [0.5, 0.6) is 5.75 Å². The van der Waals surface area contributed by atoms with Crippen LogP contribution in [0.1, 0.15) is 60.9 Å². The number of esters is 1. The highest BCUT2D eigenvalue weighted by molar-refractivity contribution is 5.94. The molecular formula is C31H38N2O5. The van der Waals surface area contributed by atoms with Gasteiger partial charge in [0.1, 0.15) is 18.1 Å². The van der Waals surface area contributed by atoms with Crippen LogP contribution in [0.3, 0.4) is 0 Å². The van der Waals surface area contributed by atoms with Gasteiger partial charge in [0.2, 0.25) is 0 Å². The van der Waals surface area contributed by atoms with Crippen molar-refractivity contribution >= 4 is 18.2 Å². The monoisotopic (exact) mass is 518 g/mol. The second-order valence-corrected chi connectivity index (χ2v) is 10.9. The van der Waals surface area contributed by atoms with E-state index in [2.05, 4.69) is 4.90 Å². The zero-order valence-corrected chi connectivity index (χ0v) is 22.1. The molecule has 0 radical (unpaired) electrons. The second kappa shape index (κ2) is 12.1. The van der Waals surface area contributed by atoms with Crippen LogP contribution in [-0.4, -0.2) is 73.4 Å². The van der Waals surface area contributed by atoms with Crippen molar-refractivity contribution in [2.24, 2.45) is 5.92 Å². The molecule has 4 aliphatic heterocycles. The first-order valence-corrected chi connectivity index (χ1v) is 14.0. The molecule has 0 unspecified atom stereocenters. The molecule has 2 bridgehead atoms. The highest BCUT2D eigenvalue weighted by atomic mass is 16.5. The maximum Gasteiger partial charge on any atom is 0.317 e. The summed E-state index contributed by atoms with van der Waals surface area (Å²) >= 11 is 0. The van der Waals surface area contributed by atoms with Crippen LogP contribution in [-0.2, 0) is 19.7 Å². The fraction of sp³-hybridized carbons (Fsp3) is 0.516. The number of hydrogen-bond donors (Lipinski definition) is 0. The Labute approximate surface area is 225 Å². The molecule has 1 atom stereocenters. The molecule has 2 aromatic rings. The molecule has 0 aromatic heterocycles. The van der Waals surface area contributed by atoms with E-state index in [9.17, 15) is 14.4 Å². The van der Waals surface area contributed by atoms with Crippen molar-refractivity contribution in [2.75, 3.05) is 39.3 Å². The number of nitrogens with zero attached hydrogens (tertiary/aromatic N) is 2. The lowest BCUT2D eigenvalue weighted by atomic mass is 9.72. The van der Waals surface area contributed by atoms with E-state index in [1.54, 1.807) is 12.1 Å². The fourth-order valence-corrected chi connectivity index (χ4v) is 6.15. The van der Waals surface area contributed by atoms with Gasteiger partial charge in [-0.15, -0.1) is 0 Å². The number of hydrogen-bond acceptors (Lipinski definition) is 6. The summed E-state index contributed by atoms with van der Waals surface area (Å²) in [4.78, 5) is 41.8. The highest BCUT2D eigenvalue weighted by Crippen LogP contribution is 2.39. The minimum Gasteiger partial charge on any atom is -0.494 e. The van der Waals surface area contributed by atoms with Crippen LogP contribution in [0.4, 0.5) is 0 Å². The summed E-state index contributed by atoms with van der Waals surface area (Å²) in [6.07, 6.45) is 6.36. The van der Waals surface area contributed by atoms with Gasteiger partial charge in [-0.2, -0.15) is 0 Å². The van der Waals surface area contributed by atoms with E-state index in [0.29, 0.717) is 56.2 Å². The molecule has 4 aliphatic rings. The van der Waals surface area contributed by atoms with Gasteiger partial charge in [-0.25, -0.2) is 0 Å². The van der Waals surface area contributed by atoms with Gasteiger partial charge >= 0.3 is 5.97 Å². The van der Waals surface area contributed by atoms with Crippen LogP contribution in [0.2, 0.25) is 0 Å². The first-order valence-electron chi connectivity index (χ1n) is 14.0. The van der Waals surface area contributed by atoms with Crippen molar-refractivity contribution in [3.8, 4) is 5.75 Å². The summed E-state index contributed by atoms with van der Waals surface area (Å²) in [6.45, 7) is 4.59. The van der Waals surface area contributed by atoms with Crippen molar-refractivity contribution in [3.63, 3.8) is 0 Å². The number of amides is 1. The first-order chi connectivity index (χ1) is 18.6. The zero-order chi connectivity index (χ0) is 26.4. The molecule has 4 saturated heterocycles. The molecule has 0 spiro atoms. The van der Waals surface area contributed by atoms with Crippen molar-refractivity contribution in [1.82, 2.24) is 9.80 Å². The van der Waals surface area contributed by atoms with Crippen molar-refractivity contribution in [2.45, 2.75) is 56.5 Å². The lowest BCUT2D eigenvalue weighted by molar-refractivity contribution is -0.167. The quantitative estimate of drug-likeness (QED) is 0.266. The third-order valence-electron chi connectivity index (χ3n) is 8.56. The van der Waals surface area contributed by atoms with E-state index < -0.39 is 5.41 Å². The second-order valence-electron chi connectivity index (χ2n) is 10.9. The van der Waals surface area contributed by atoms with Gasteiger partial charge in [0.25, 0.3) is 5.91 Å². The van der Waals surface area contributed by atoms with Gasteiger partial charge in [0, 0.05) is 31.6 Å². The Kier molecular flexibility index (Phi) is 8.42. The van der Waals surface area contributed by atoms with Crippen LogP contribution in [0, 0.1) is 5.92 Å². The van der Waals surface area contributed by atoms with Gasteiger partial charge in [0.05, 0.1) is 12.0 Å². The molecule has 202 valence electrons. The van der Waals surface area contributed by atoms with Crippen LogP contribution in [0.15, 0.2) is 54.6 Å². The van der Waals surface area contributed by atoms with Crippen LogP contribution < -0.4 is 4.74 Å². The third kappa shape index (κ3) is 5.78. The smallest absolute Gasteiger partial charge is 0.317 e. The number of piperidine rings is 4. The fourth-order valence-electron chi connectivity index (χ4n) is 6.15. The van der Waals surface area contributed by atoms with Crippen molar-refractivity contribution < 1.29 is 23.9 Å². The minimum absolute atomic E-state index is 0.0315. The Balaban J connectivity index is 1.22. The molecule has 0 aliphatic carbocycles. The normalized spacial score (nSPS) is 24.0. The van der Waals surface area contributed by atoms with E-state index in [4.69, 9.17) is 9.47 Å². The Morgan fingerprint density at radius 2 is 1.63 bits per heavy atom. The molecule has 4 fully saturated rings. The van der Waals surface area contributed by atoms with Crippen molar-refractivity contribution in [3.05, 3.63) is 65.7 Å². The van der Waals surface area contributed by atoms with Gasteiger partial charge in [0.15, 0.2) is 0 Å². The Morgan fingerprint density at radius 1 is 0.921 bits per heavy atom. The molecule has 0 N–H and O–H groups in total. The lowest BCUT2D eigenvalue weighted by Crippen LogP contribution is -2.55. The number of carbonyl (C=O) groups excluding carboxylic acids is 3. The maximum atomic E-state index is 13.8. The lowest BCUT2D eigenvalue weighted by Gasteiger charge is -2.46. The zero-order valence-electron chi connectivity index (χ0n) is 22.1. The van der Waals surface area contributed by atoms with Crippen LogP contribution in [0.25, 0.3) is 0 Å². The van der Waals surface area contributed by atoms with E-state index in [-0.39, 0.29) is 18.0 Å². The number of ether oxygens (including phenoxy) is 2. The van der Waals surface area contributed by atoms with Crippen LogP contribution >= 0.6 is 0 Å². The number of likely N-dealkylation sites (tertiary alicyclic amines) is 1. The topological polar surface area (TPSA) is 76.2 Å². The third-order valence-corrected chi connectivity index (χ3v) is 8.56. The summed E-state index contributed by atoms with van der Waals surface area (Å²) < 4.78 is 12.0. The van der Waals surface area contributed by atoms with Gasteiger partial charge in [-0.1, -0.05) is 30.3 Å². The molecule has 1 amide bonds. The molecule has 0 saturated carbocycles. The molecular weight excluding hydrogens is 480 g/mol. The highest BCUT2D eigenvalue weighted by Gasteiger charge is 2.47. The van der Waals surface area contributed by atoms with Gasteiger partial charge in [-0.05, 0) is 87.4 Å². The van der Waals surface area contributed by atoms with E-state index in [0.717, 1.165) is 57.2 Å². The summed E-state index contributed by atoms with van der Waals surface area (Å²) in [5.41, 5.74) is 0.861. The van der Waals surface area contributed by atoms with Gasteiger partial charge in [-0.3, -0.25) is 14.5 Å². The largest absolute Gasteiger partial charge is 0.494 e.